The van der Waals surface area contributed by atoms with Crippen molar-refractivity contribution in [1.29, 1.82) is 0 Å². The Bertz CT molecular complexity index is 941. The number of fused-ring (bicyclic) bond motifs is 4. The topological polar surface area (TPSA) is 100 Å². The molecule has 1 aromatic heterocycles. The Morgan fingerprint density at radius 3 is 3.11 bits per heavy atom. The van der Waals surface area contributed by atoms with Crippen LogP contribution >= 0.6 is 0 Å². The molecular formula is C20H23N5O3. The first-order chi connectivity index (χ1) is 13.6. The van der Waals surface area contributed by atoms with Gasteiger partial charge in [0.15, 0.2) is 5.82 Å². The molecule has 4 heterocycles. The number of amides is 2. The van der Waals surface area contributed by atoms with Gasteiger partial charge in [0.05, 0.1) is 12.5 Å². The third-order valence-corrected chi connectivity index (χ3v) is 6.33. The van der Waals surface area contributed by atoms with Crippen molar-refractivity contribution in [2.75, 3.05) is 11.9 Å². The predicted molar refractivity (Wildman–Crippen MR) is 100 cm³/mol. The monoisotopic (exact) mass is 381 g/mol. The number of nitrogens with one attached hydrogen (secondary N) is 2. The van der Waals surface area contributed by atoms with E-state index in [1.54, 1.807) is 0 Å². The standard InChI is InChI=1S/C20H23N5O3/c1-2-16-23-17(28-24-16)11-21-18(26)14-10-12-6-5-9-25(12)20(14)13-7-3-4-8-15(13)22-19(20)27/h3-4,7-8,12,14H,2,5-6,9-11H2,1H3,(H,21,26)(H,22,27)/t12-,14-,20+/m1/s1. The van der Waals surface area contributed by atoms with Crippen LogP contribution in [-0.2, 0) is 28.1 Å². The summed E-state index contributed by atoms with van der Waals surface area (Å²) in [4.78, 5) is 33.0. The van der Waals surface area contributed by atoms with Gasteiger partial charge in [-0.25, -0.2) is 0 Å². The van der Waals surface area contributed by atoms with Crippen LogP contribution in [0.3, 0.4) is 0 Å². The van der Waals surface area contributed by atoms with Gasteiger partial charge in [-0.1, -0.05) is 30.3 Å². The largest absolute Gasteiger partial charge is 0.347 e. The second-order valence-electron chi connectivity index (χ2n) is 7.72. The zero-order chi connectivity index (χ0) is 19.3. The summed E-state index contributed by atoms with van der Waals surface area (Å²) in [5.74, 6) is 0.317. The summed E-state index contributed by atoms with van der Waals surface area (Å²) in [7, 11) is 0. The summed E-state index contributed by atoms with van der Waals surface area (Å²) < 4.78 is 5.17. The van der Waals surface area contributed by atoms with Crippen molar-refractivity contribution < 1.29 is 14.1 Å². The zero-order valence-corrected chi connectivity index (χ0v) is 15.8. The fourth-order valence-electron chi connectivity index (χ4n) is 5.17. The van der Waals surface area contributed by atoms with Crippen molar-refractivity contribution in [3.63, 3.8) is 0 Å². The molecule has 2 N–H and O–H groups in total. The van der Waals surface area contributed by atoms with Crippen LogP contribution < -0.4 is 10.6 Å². The van der Waals surface area contributed by atoms with Crippen LogP contribution in [0.25, 0.3) is 0 Å². The van der Waals surface area contributed by atoms with Gasteiger partial charge in [-0.15, -0.1) is 0 Å². The molecule has 3 atom stereocenters. The van der Waals surface area contributed by atoms with Crippen molar-refractivity contribution in [2.24, 2.45) is 5.92 Å². The van der Waals surface area contributed by atoms with Gasteiger partial charge >= 0.3 is 0 Å². The lowest BCUT2D eigenvalue weighted by atomic mass is 9.78. The molecule has 1 aromatic carbocycles. The number of carbonyl (C=O) groups excluding carboxylic acids is 2. The van der Waals surface area contributed by atoms with E-state index in [0.717, 1.165) is 30.6 Å². The van der Waals surface area contributed by atoms with E-state index in [2.05, 4.69) is 25.7 Å². The fraction of sp³-hybridized carbons (Fsp3) is 0.500. The third-order valence-electron chi connectivity index (χ3n) is 6.33. The molecule has 0 unspecified atom stereocenters. The van der Waals surface area contributed by atoms with Crippen LogP contribution in [0.4, 0.5) is 5.69 Å². The molecule has 0 saturated carbocycles. The van der Waals surface area contributed by atoms with Gasteiger partial charge in [0, 0.05) is 23.7 Å². The van der Waals surface area contributed by atoms with E-state index in [9.17, 15) is 9.59 Å². The van der Waals surface area contributed by atoms with Crippen molar-refractivity contribution in [3.05, 3.63) is 41.5 Å². The van der Waals surface area contributed by atoms with Gasteiger partial charge in [0.25, 0.3) is 0 Å². The molecule has 2 amide bonds. The fourth-order valence-corrected chi connectivity index (χ4v) is 5.17. The van der Waals surface area contributed by atoms with Gasteiger partial charge < -0.3 is 15.2 Å². The van der Waals surface area contributed by atoms with Gasteiger partial charge in [-0.3, -0.25) is 14.5 Å². The van der Waals surface area contributed by atoms with E-state index < -0.39 is 11.5 Å². The average molecular weight is 381 g/mol. The average Bonchev–Trinajstić information content (AvgIpc) is 3.45. The number of carbonyl (C=O) groups is 2. The second-order valence-corrected chi connectivity index (χ2v) is 7.72. The van der Waals surface area contributed by atoms with Crippen LogP contribution in [-0.4, -0.2) is 39.4 Å². The minimum absolute atomic E-state index is 0.0932. The van der Waals surface area contributed by atoms with Crippen LogP contribution in [0.5, 0.6) is 0 Å². The van der Waals surface area contributed by atoms with Crippen molar-refractivity contribution >= 4 is 17.5 Å². The van der Waals surface area contributed by atoms with E-state index in [0.29, 0.717) is 24.6 Å². The van der Waals surface area contributed by atoms with E-state index >= 15 is 0 Å². The van der Waals surface area contributed by atoms with Gasteiger partial charge in [0.1, 0.15) is 5.54 Å². The Labute approximate surface area is 162 Å². The first-order valence-electron chi connectivity index (χ1n) is 9.91. The summed E-state index contributed by atoms with van der Waals surface area (Å²) in [5, 5.41) is 9.80. The van der Waals surface area contributed by atoms with E-state index in [1.165, 1.54) is 0 Å². The smallest absolute Gasteiger partial charge is 0.250 e. The number of aromatic nitrogens is 2. The first kappa shape index (κ1) is 17.4. The normalized spacial score (nSPS) is 28.4. The maximum Gasteiger partial charge on any atom is 0.250 e. The number of aryl methyl sites for hydroxylation is 1. The molecule has 0 radical (unpaired) electrons. The van der Waals surface area contributed by atoms with Crippen LogP contribution in [0.15, 0.2) is 28.8 Å². The Balaban J connectivity index is 1.46. The molecule has 146 valence electrons. The van der Waals surface area contributed by atoms with Crippen molar-refractivity contribution in [1.82, 2.24) is 20.4 Å². The molecular weight excluding hydrogens is 358 g/mol. The van der Waals surface area contributed by atoms with Gasteiger partial charge in [0.2, 0.25) is 17.7 Å². The SMILES string of the molecule is CCc1noc(CNC(=O)[C@H]2C[C@H]3CCCN3[C@]23C(=O)Nc2ccccc23)n1. The van der Waals surface area contributed by atoms with Crippen LogP contribution in [0.1, 0.15) is 43.5 Å². The molecule has 1 spiro atoms. The quantitative estimate of drug-likeness (QED) is 0.834. The van der Waals surface area contributed by atoms with Gasteiger partial charge in [-0.2, -0.15) is 4.98 Å². The lowest BCUT2D eigenvalue weighted by Crippen LogP contribution is -2.54. The summed E-state index contributed by atoms with van der Waals surface area (Å²) in [6.45, 7) is 2.95. The highest BCUT2D eigenvalue weighted by Crippen LogP contribution is 2.55. The summed E-state index contributed by atoms with van der Waals surface area (Å²) in [5.41, 5.74) is 0.795. The van der Waals surface area contributed by atoms with Gasteiger partial charge in [-0.05, 0) is 31.9 Å². The highest BCUT2D eigenvalue weighted by atomic mass is 16.5. The number of benzene rings is 1. The number of para-hydroxylation sites is 1. The summed E-state index contributed by atoms with van der Waals surface area (Å²) in [6.07, 6.45) is 3.43. The number of anilines is 1. The van der Waals surface area contributed by atoms with E-state index in [1.807, 2.05) is 31.2 Å². The molecule has 8 heteroatoms. The maximum absolute atomic E-state index is 13.3. The minimum Gasteiger partial charge on any atom is -0.347 e. The maximum atomic E-state index is 13.3. The zero-order valence-electron chi connectivity index (χ0n) is 15.8. The lowest BCUT2D eigenvalue weighted by molar-refractivity contribution is -0.137. The first-order valence-corrected chi connectivity index (χ1v) is 9.91. The molecule has 0 aliphatic carbocycles. The number of hydrogen-bond acceptors (Lipinski definition) is 6. The van der Waals surface area contributed by atoms with Crippen molar-refractivity contribution in [2.45, 2.75) is 50.7 Å². The molecule has 8 nitrogen and oxygen atoms in total. The van der Waals surface area contributed by atoms with Crippen molar-refractivity contribution in [3.8, 4) is 0 Å². The van der Waals surface area contributed by atoms with E-state index in [-0.39, 0.29) is 24.4 Å². The van der Waals surface area contributed by atoms with Crippen LogP contribution in [0, 0.1) is 5.92 Å². The molecule has 28 heavy (non-hydrogen) atoms. The Kier molecular flexibility index (Phi) is 3.97. The Morgan fingerprint density at radius 2 is 2.29 bits per heavy atom. The third kappa shape index (κ3) is 2.33. The number of rotatable bonds is 4. The molecule has 2 fully saturated rings. The highest BCUT2D eigenvalue weighted by molar-refractivity contribution is 6.09. The predicted octanol–water partition coefficient (Wildman–Crippen LogP) is 1.58. The molecule has 0 bridgehead atoms. The number of hydrogen-bond donors (Lipinski definition) is 2. The minimum atomic E-state index is -0.925. The Morgan fingerprint density at radius 1 is 1.43 bits per heavy atom. The van der Waals surface area contributed by atoms with Crippen LogP contribution in [0.2, 0.25) is 0 Å². The van der Waals surface area contributed by atoms with E-state index in [4.69, 9.17) is 4.52 Å². The lowest BCUT2D eigenvalue weighted by Gasteiger charge is -2.36. The molecule has 3 aliphatic rings. The summed E-state index contributed by atoms with van der Waals surface area (Å²) in [6, 6.07) is 7.97. The molecule has 2 aromatic rings. The summed E-state index contributed by atoms with van der Waals surface area (Å²) >= 11 is 0. The highest BCUT2D eigenvalue weighted by Gasteiger charge is 2.65. The molecule has 2 saturated heterocycles. The molecule has 5 rings (SSSR count). The number of nitrogens with zero attached hydrogens (tertiary/aromatic N) is 3. The second kappa shape index (κ2) is 6.41. The molecule has 3 aliphatic heterocycles. The Hall–Kier alpha value is -2.74.